The number of para-hydroxylation sites is 2. The van der Waals surface area contributed by atoms with Crippen molar-refractivity contribution >= 4 is 23.0 Å². The molecule has 0 saturated heterocycles. The molecule has 0 aliphatic heterocycles. The topological polar surface area (TPSA) is 84.6 Å². The second-order valence-corrected chi connectivity index (χ2v) is 4.16. The summed E-state index contributed by atoms with van der Waals surface area (Å²) in [4.78, 5) is 10.9. The van der Waals surface area contributed by atoms with Gasteiger partial charge in [0, 0.05) is 11.4 Å². The zero-order valence-electron chi connectivity index (χ0n) is 11.1. The lowest BCUT2D eigenvalue weighted by molar-refractivity contribution is 0.0698. The Morgan fingerprint density at radius 2 is 2.05 bits per heavy atom. The minimum absolute atomic E-state index is 0.0913. The Hall–Kier alpha value is -2.69. The maximum Gasteiger partial charge on any atom is 0.337 e. The molecular weight excluding hydrogens is 256 g/mol. The van der Waals surface area contributed by atoms with E-state index >= 15 is 0 Å². The molecule has 0 aromatic heterocycles. The molecule has 2 aromatic rings. The van der Waals surface area contributed by atoms with E-state index in [1.807, 2.05) is 31.2 Å². The van der Waals surface area contributed by atoms with Crippen molar-refractivity contribution in [2.24, 2.45) is 0 Å². The summed E-state index contributed by atoms with van der Waals surface area (Å²) in [5.41, 5.74) is 7.54. The van der Waals surface area contributed by atoms with Gasteiger partial charge in [-0.1, -0.05) is 12.1 Å². The molecule has 0 radical (unpaired) electrons. The van der Waals surface area contributed by atoms with Crippen molar-refractivity contribution in [3.8, 4) is 5.75 Å². The predicted octanol–water partition coefficient (Wildman–Crippen LogP) is 3.11. The highest BCUT2D eigenvalue weighted by molar-refractivity contribution is 5.94. The Kier molecular flexibility index (Phi) is 4.10. The lowest BCUT2D eigenvalue weighted by atomic mass is 10.1. The standard InChI is InChI=1S/C15H16N2O3/c1-2-20-14-6-4-3-5-13(14)17-10-7-8-11(15(18)19)12(16)9-10/h3-9,17H,2,16H2,1H3,(H,18,19). The van der Waals surface area contributed by atoms with Gasteiger partial charge < -0.3 is 20.9 Å². The van der Waals surface area contributed by atoms with Crippen molar-refractivity contribution in [1.29, 1.82) is 0 Å². The lowest BCUT2D eigenvalue weighted by Gasteiger charge is -2.13. The third kappa shape index (κ3) is 3.00. The maximum atomic E-state index is 10.9. The molecule has 2 aromatic carbocycles. The van der Waals surface area contributed by atoms with Gasteiger partial charge in [0.05, 0.1) is 17.9 Å². The van der Waals surface area contributed by atoms with Gasteiger partial charge in [0.15, 0.2) is 0 Å². The summed E-state index contributed by atoms with van der Waals surface area (Å²) in [5.74, 6) is -0.306. The van der Waals surface area contributed by atoms with Crippen molar-refractivity contribution in [3.05, 3.63) is 48.0 Å². The van der Waals surface area contributed by atoms with Gasteiger partial charge in [0.2, 0.25) is 0 Å². The molecule has 104 valence electrons. The zero-order chi connectivity index (χ0) is 14.5. The highest BCUT2D eigenvalue weighted by Crippen LogP contribution is 2.28. The molecule has 0 bridgehead atoms. The average molecular weight is 272 g/mol. The molecule has 20 heavy (non-hydrogen) atoms. The van der Waals surface area contributed by atoms with Gasteiger partial charge in [-0.05, 0) is 37.3 Å². The van der Waals surface area contributed by atoms with Crippen molar-refractivity contribution in [2.75, 3.05) is 17.7 Å². The SMILES string of the molecule is CCOc1ccccc1Nc1ccc(C(=O)O)c(N)c1. The summed E-state index contributed by atoms with van der Waals surface area (Å²) in [6, 6.07) is 12.3. The van der Waals surface area contributed by atoms with E-state index in [1.165, 1.54) is 6.07 Å². The summed E-state index contributed by atoms with van der Waals surface area (Å²) < 4.78 is 5.51. The second kappa shape index (κ2) is 5.97. The number of ether oxygens (including phenoxy) is 1. The van der Waals surface area contributed by atoms with Crippen molar-refractivity contribution in [2.45, 2.75) is 6.92 Å². The number of carboxylic acid groups (broad SMARTS) is 1. The van der Waals surface area contributed by atoms with E-state index in [-0.39, 0.29) is 11.3 Å². The molecule has 0 aliphatic rings. The van der Waals surface area contributed by atoms with E-state index in [1.54, 1.807) is 12.1 Å². The highest BCUT2D eigenvalue weighted by Gasteiger charge is 2.09. The van der Waals surface area contributed by atoms with E-state index in [4.69, 9.17) is 15.6 Å². The quantitative estimate of drug-likeness (QED) is 0.728. The van der Waals surface area contributed by atoms with Crippen molar-refractivity contribution < 1.29 is 14.6 Å². The smallest absolute Gasteiger partial charge is 0.337 e. The molecule has 0 unspecified atom stereocenters. The van der Waals surface area contributed by atoms with Crippen LogP contribution in [0.3, 0.4) is 0 Å². The number of carbonyl (C=O) groups is 1. The number of nitrogen functional groups attached to an aromatic ring is 1. The van der Waals surface area contributed by atoms with Crippen LogP contribution in [0.4, 0.5) is 17.1 Å². The Morgan fingerprint density at radius 3 is 2.70 bits per heavy atom. The number of hydrogen-bond donors (Lipinski definition) is 3. The Labute approximate surface area is 117 Å². The Morgan fingerprint density at radius 1 is 1.30 bits per heavy atom. The minimum atomic E-state index is -1.04. The van der Waals surface area contributed by atoms with Gasteiger partial charge in [-0.3, -0.25) is 0 Å². The molecule has 0 aliphatic carbocycles. The number of carboxylic acids is 1. The Bertz CT molecular complexity index is 626. The number of aromatic carboxylic acids is 1. The van der Waals surface area contributed by atoms with Crippen LogP contribution < -0.4 is 15.8 Å². The molecule has 5 heteroatoms. The fraction of sp³-hybridized carbons (Fsp3) is 0.133. The van der Waals surface area contributed by atoms with Crippen LogP contribution in [0, 0.1) is 0 Å². The molecule has 0 saturated carbocycles. The number of nitrogens with one attached hydrogen (secondary N) is 1. The summed E-state index contributed by atoms with van der Waals surface area (Å²) >= 11 is 0. The predicted molar refractivity (Wildman–Crippen MR) is 78.7 cm³/mol. The minimum Gasteiger partial charge on any atom is -0.492 e. The van der Waals surface area contributed by atoms with Crippen LogP contribution in [0.2, 0.25) is 0 Å². The fourth-order valence-corrected chi connectivity index (χ4v) is 1.84. The van der Waals surface area contributed by atoms with Gasteiger partial charge in [0.25, 0.3) is 0 Å². The molecule has 0 heterocycles. The number of hydrogen-bond acceptors (Lipinski definition) is 4. The van der Waals surface area contributed by atoms with Crippen molar-refractivity contribution in [3.63, 3.8) is 0 Å². The lowest BCUT2D eigenvalue weighted by Crippen LogP contribution is -2.03. The van der Waals surface area contributed by atoms with Crippen LogP contribution in [0.15, 0.2) is 42.5 Å². The zero-order valence-corrected chi connectivity index (χ0v) is 11.1. The van der Waals surface area contributed by atoms with E-state index in [9.17, 15) is 4.79 Å². The van der Waals surface area contributed by atoms with Crippen LogP contribution in [0.1, 0.15) is 17.3 Å². The number of rotatable bonds is 5. The van der Waals surface area contributed by atoms with Gasteiger partial charge in [-0.2, -0.15) is 0 Å². The van der Waals surface area contributed by atoms with Gasteiger partial charge >= 0.3 is 5.97 Å². The first-order valence-electron chi connectivity index (χ1n) is 6.23. The molecule has 0 spiro atoms. The van der Waals surface area contributed by atoms with Crippen LogP contribution in [0.5, 0.6) is 5.75 Å². The molecule has 0 atom stereocenters. The molecule has 4 N–H and O–H groups in total. The largest absolute Gasteiger partial charge is 0.492 e. The second-order valence-electron chi connectivity index (χ2n) is 4.16. The van der Waals surface area contributed by atoms with Crippen LogP contribution in [0.25, 0.3) is 0 Å². The highest BCUT2D eigenvalue weighted by atomic mass is 16.5. The van der Waals surface area contributed by atoms with Crippen LogP contribution >= 0.6 is 0 Å². The van der Waals surface area contributed by atoms with E-state index in [0.717, 1.165) is 11.4 Å². The Balaban J connectivity index is 2.26. The van der Waals surface area contributed by atoms with E-state index in [0.29, 0.717) is 12.3 Å². The molecule has 2 rings (SSSR count). The third-order valence-corrected chi connectivity index (χ3v) is 2.75. The van der Waals surface area contributed by atoms with Gasteiger partial charge in [-0.25, -0.2) is 4.79 Å². The molecule has 0 fully saturated rings. The fourth-order valence-electron chi connectivity index (χ4n) is 1.84. The van der Waals surface area contributed by atoms with E-state index in [2.05, 4.69) is 5.32 Å². The number of nitrogens with two attached hydrogens (primary N) is 1. The van der Waals surface area contributed by atoms with Crippen LogP contribution in [-0.4, -0.2) is 17.7 Å². The first-order valence-corrected chi connectivity index (χ1v) is 6.23. The van der Waals surface area contributed by atoms with E-state index < -0.39 is 5.97 Å². The first-order chi connectivity index (χ1) is 9.61. The summed E-state index contributed by atoms with van der Waals surface area (Å²) in [5, 5.41) is 12.1. The number of anilines is 3. The first kappa shape index (κ1) is 13.7. The number of benzene rings is 2. The van der Waals surface area contributed by atoms with Crippen molar-refractivity contribution in [1.82, 2.24) is 0 Å². The monoisotopic (exact) mass is 272 g/mol. The van der Waals surface area contributed by atoms with Gasteiger partial charge in [0.1, 0.15) is 5.75 Å². The summed E-state index contributed by atoms with van der Waals surface area (Å²) in [6.45, 7) is 2.48. The molecule has 0 amide bonds. The summed E-state index contributed by atoms with van der Waals surface area (Å²) in [6.07, 6.45) is 0. The maximum absolute atomic E-state index is 10.9. The van der Waals surface area contributed by atoms with Crippen LogP contribution in [-0.2, 0) is 0 Å². The van der Waals surface area contributed by atoms with Gasteiger partial charge in [-0.15, -0.1) is 0 Å². The summed E-state index contributed by atoms with van der Waals surface area (Å²) in [7, 11) is 0. The molecular formula is C15H16N2O3. The average Bonchev–Trinajstić information content (AvgIpc) is 2.41. The third-order valence-electron chi connectivity index (χ3n) is 2.75. The normalized spacial score (nSPS) is 10.1. The molecule has 5 nitrogen and oxygen atoms in total.